The summed E-state index contributed by atoms with van der Waals surface area (Å²) in [5.74, 6) is -0.254. The molecule has 0 bridgehead atoms. The van der Waals surface area contributed by atoms with Crippen molar-refractivity contribution >= 4 is 27.3 Å². The predicted molar refractivity (Wildman–Crippen MR) is 146 cm³/mol. The summed E-state index contributed by atoms with van der Waals surface area (Å²) in [5, 5.41) is 0. The summed E-state index contributed by atoms with van der Waals surface area (Å²) in [6, 6.07) is 20.7. The Morgan fingerprint density at radius 3 is 2.17 bits per heavy atom. The fourth-order valence-corrected chi connectivity index (χ4v) is 6.08. The molecule has 3 rings (SSSR count). The van der Waals surface area contributed by atoms with Crippen LogP contribution >= 0.6 is 11.3 Å². The lowest BCUT2D eigenvalue weighted by Gasteiger charge is -2.27. The van der Waals surface area contributed by atoms with Crippen molar-refractivity contribution in [2.24, 2.45) is 0 Å². The Kier molecular flexibility index (Phi) is 9.47. The van der Waals surface area contributed by atoms with E-state index in [9.17, 15) is 13.2 Å². The summed E-state index contributed by atoms with van der Waals surface area (Å²) < 4.78 is 33.6. The lowest BCUT2D eigenvalue weighted by Crippen LogP contribution is -2.43. The fourth-order valence-electron chi connectivity index (χ4n) is 3.80. The van der Waals surface area contributed by atoms with Gasteiger partial charge in [-0.1, -0.05) is 63.2 Å². The smallest absolute Gasteiger partial charge is 0.243 e. The number of sulfonamides is 1. The van der Waals surface area contributed by atoms with Crippen LogP contribution in [0.15, 0.2) is 71.6 Å². The minimum absolute atomic E-state index is 0.0862. The molecule has 0 fully saturated rings. The zero-order chi connectivity index (χ0) is 26.3. The van der Waals surface area contributed by atoms with Gasteiger partial charge in [0.1, 0.15) is 0 Å². The molecule has 0 unspecified atom stereocenters. The Hall–Kier alpha value is -2.52. The van der Waals surface area contributed by atoms with Gasteiger partial charge in [0.15, 0.2) is 0 Å². The summed E-state index contributed by atoms with van der Waals surface area (Å²) in [5.41, 5.74) is 1.94. The van der Waals surface area contributed by atoms with E-state index in [2.05, 4.69) is 20.8 Å². The van der Waals surface area contributed by atoms with Gasteiger partial charge in [0.2, 0.25) is 15.9 Å². The second-order valence-electron chi connectivity index (χ2n) is 9.85. The molecule has 0 saturated heterocycles. The summed E-state index contributed by atoms with van der Waals surface area (Å²) >= 11 is 1.64. The number of rotatable bonds is 11. The van der Waals surface area contributed by atoms with Crippen molar-refractivity contribution in [2.75, 3.05) is 26.8 Å². The number of benzene rings is 2. The number of methoxy groups -OCH3 is 1. The molecule has 1 amide bonds. The summed E-state index contributed by atoms with van der Waals surface area (Å²) in [4.78, 5) is 17.7. The van der Waals surface area contributed by atoms with Crippen LogP contribution in [0, 0.1) is 6.92 Å². The van der Waals surface area contributed by atoms with Gasteiger partial charge in [-0.3, -0.25) is 4.79 Å². The van der Waals surface area contributed by atoms with Gasteiger partial charge in [0, 0.05) is 30.0 Å². The van der Waals surface area contributed by atoms with Crippen LogP contribution < -0.4 is 0 Å². The van der Waals surface area contributed by atoms with Crippen molar-refractivity contribution in [1.82, 2.24) is 9.21 Å². The molecule has 0 aliphatic heterocycles. The number of nitrogens with zero attached hydrogens (tertiary/aromatic N) is 2. The molecule has 0 atom stereocenters. The maximum atomic E-state index is 13.6. The Bertz CT molecular complexity index is 1230. The highest BCUT2D eigenvalue weighted by atomic mass is 32.2. The monoisotopic (exact) mass is 528 g/mol. The van der Waals surface area contributed by atoms with Crippen molar-refractivity contribution in [2.45, 2.75) is 51.1 Å². The molecular weight excluding hydrogens is 492 g/mol. The maximum absolute atomic E-state index is 13.6. The molecule has 36 heavy (non-hydrogen) atoms. The second kappa shape index (κ2) is 12.1. The Morgan fingerprint density at radius 2 is 1.61 bits per heavy atom. The van der Waals surface area contributed by atoms with Crippen molar-refractivity contribution in [3.8, 4) is 0 Å². The molecule has 1 aromatic heterocycles. The molecule has 1 heterocycles. The molecule has 8 heteroatoms. The molecular formula is C28H36N2O4S2. The van der Waals surface area contributed by atoms with Gasteiger partial charge in [-0.2, -0.15) is 4.31 Å². The molecule has 0 radical (unpaired) electrons. The highest BCUT2D eigenvalue weighted by molar-refractivity contribution is 7.89. The number of ether oxygens (including phenoxy) is 1. The van der Waals surface area contributed by atoms with Crippen molar-refractivity contribution in [3.05, 3.63) is 87.6 Å². The average molecular weight is 529 g/mol. The van der Waals surface area contributed by atoms with E-state index in [1.165, 1.54) is 16.3 Å². The number of aryl methyl sites for hydroxylation is 1. The van der Waals surface area contributed by atoms with E-state index in [1.807, 2.05) is 61.5 Å². The van der Waals surface area contributed by atoms with Gasteiger partial charge < -0.3 is 9.64 Å². The number of amides is 1. The largest absolute Gasteiger partial charge is 0.383 e. The van der Waals surface area contributed by atoms with Crippen LogP contribution in [0.4, 0.5) is 0 Å². The molecule has 0 saturated carbocycles. The van der Waals surface area contributed by atoms with E-state index in [-0.39, 0.29) is 35.9 Å². The van der Waals surface area contributed by atoms with Gasteiger partial charge in [0.25, 0.3) is 0 Å². The second-order valence-corrected chi connectivity index (χ2v) is 13.2. The first-order chi connectivity index (χ1) is 17.0. The van der Waals surface area contributed by atoms with E-state index in [1.54, 1.807) is 28.4 Å². The standard InChI is InChI=1S/C28H36N2O4S2/c1-22-11-14-25(35-22)20-29(19-23-9-7-6-8-10-23)27(31)21-30(17-18-34-5)36(32,33)26-15-12-24(13-16-26)28(2,3)4/h6-16H,17-21H2,1-5H3. The van der Waals surface area contributed by atoms with Gasteiger partial charge in [-0.05, 0) is 47.7 Å². The minimum Gasteiger partial charge on any atom is -0.383 e. The minimum atomic E-state index is -3.90. The predicted octanol–water partition coefficient (Wildman–Crippen LogP) is 5.22. The number of carbonyl (C=O) groups excluding carboxylic acids is 1. The SMILES string of the molecule is COCCN(CC(=O)N(Cc1ccccc1)Cc1ccc(C)s1)S(=O)(=O)c1ccc(C(C)(C)C)cc1. The molecule has 0 aliphatic rings. The van der Waals surface area contributed by atoms with Crippen LogP contribution in [0.25, 0.3) is 0 Å². The van der Waals surface area contributed by atoms with Gasteiger partial charge in [0.05, 0.1) is 24.6 Å². The van der Waals surface area contributed by atoms with E-state index < -0.39 is 10.0 Å². The highest BCUT2D eigenvalue weighted by Gasteiger charge is 2.29. The summed E-state index contributed by atoms with van der Waals surface area (Å²) in [6.07, 6.45) is 0. The topological polar surface area (TPSA) is 66.9 Å². The highest BCUT2D eigenvalue weighted by Crippen LogP contribution is 2.25. The first-order valence-corrected chi connectivity index (χ1v) is 14.2. The Balaban J connectivity index is 1.86. The Morgan fingerprint density at radius 1 is 0.944 bits per heavy atom. The molecule has 3 aromatic rings. The third-order valence-corrected chi connectivity index (χ3v) is 8.77. The molecule has 2 aromatic carbocycles. The number of thiophene rings is 1. The molecule has 6 nitrogen and oxygen atoms in total. The van der Waals surface area contributed by atoms with Crippen LogP contribution in [0.2, 0.25) is 0 Å². The normalized spacial score (nSPS) is 12.2. The zero-order valence-corrected chi connectivity index (χ0v) is 23.4. The first kappa shape index (κ1) is 28.1. The first-order valence-electron chi connectivity index (χ1n) is 12.0. The van der Waals surface area contributed by atoms with E-state index in [0.29, 0.717) is 13.1 Å². The Labute approximate surface area is 219 Å². The van der Waals surface area contributed by atoms with Gasteiger partial charge in [-0.25, -0.2) is 8.42 Å². The molecule has 0 N–H and O–H groups in total. The van der Waals surface area contributed by atoms with Gasteiger partial charge in [-0.15, -0.1) is 11.3 Å². The zero-order valence-electron chi connectivity index (χ0n) is 21.7. The lowest BCUT2D eigenvalue weighted by atomic mass is 9.87. The summed E-state index contributed by atoms with van der Waals surface area (Å²) in [7, 11) is -2.38. The van der Waals surface area contributed by atoms with Crippen molar-refractivity contribution < 1.29 is 17.9 Å². The number of hydrogen-bond donors (Lipinski definition) is 0. The maximum Gasteiger partial charge on any atom is 0.243 e. The van der Waals surface area contributed by atoms with Crippen molar-refractivity contribution in [1.29, 1.82) is 0 Å². The van der Waals surface area contributed by atoms with E-state index in [0.717, 1.165) is 16.0 Å². The molecule has 0 aliphatic carbocycles. The third-order valence-electron chi connectivity index (χ3n) is 5.93. The quantitative estimate of drug-likeness (QED) is 0.342. The van der Waals surface area contributed by atoms with Crippen LogP contribution in [0.3, 0.4) is 0 Å². The van der Waals surface area contributed by atoms with Crippen LogP contribution in [0.5, 0.6) is 0 Å². The third kappa shape index (κ3) is 7.49. The number of carbonyl (C=O) groups is 1. The van der Waals surface area contributed by atoms with Crippen molar-refractivity contribution in [3.63, 3.8) is 0 Å². The summed E-state index contributed by atoms with van der Waals surface area (Å²) in [6.45, 7) is 9.10. The fraction of sp³-hybridized carbons (Fsp3) is 0.393. The van der Waals surface area contributed by atoms with Crippen LogP contribution in [0.1, 0.15) is 41.7 Å². The molecule has 194 valence electrons. The average Bonchev–Trinajstić information content (AvgIpc) is 3.25. The van der Waals surface area contributed by atoms with E-state index in [4.69, 9.17) is 4.74 Å². The lowest BCUT2D eigenvalue weighted by molar-refractivity contribution is -0.132. The molecule has 0 spiro atoms. The van der Waals surface area contributed by atoms with E-state index >= 15 is 0 Å². The number of hydrogen-bond acceptors (Lipinski definition) is 5. The van der Waals surface area contributed by atoms with Crippen LogP contribution in [-0.2, 0) is 38.1 Å². The van der Waals surface area contributed by atoms with Gasteiger partial charge >= 0.3 is 0 Å². The van der Waals surface area contributed by atoms with Crippen LogP contribution in [-0.4, -0.2) is 50.3 Å².